The van der Waals surface area contributed by atoms with Gasteiger partial charge in [-0.2, -0.15) is 0 Å². The molecule has 0 unspecified atom stereocenters. The van der Waals surface area contributed by atoms with Gasteiger partial charge in [-0.15, -0.1) is 4.83 Å². The monoisotopic (exact) mass is 349 g/mol. The predicted octanol–water partition coefficient (Wildman–Crippen LogP) is 0.649. The lowest BCUT2D eigenvalue weighted by Crippen LogP contribution is -2.46. The van der Waals surface area contributed by atoms with Crippen LogP contribution in [0, 0.1) is 6.92 Å². The fourth-order valence-electron chi connectivity index (χ4n) is 1.71. The molecule has 0 aliphatic carbocycles. The van der Waals surface area contributed by atoms with Crippen molar-refractivity contribution < 1.29 is 23.1 Å². The highest BCUT2D eigenvalue weighted by atomic mass is 32.2. The molecule has 0 aliphatic rings. The van der Waals surface area contributed by atoms with Crippen LogP contribution in [0.3, 0.4) is 0 Å². The van der Waals surface area contributed by atoms with Crippen LogP contribution in [0.25, 0.3) is 0 Å². The van der Waals surface area contributed by atoms with E-state index in [4.69, 9.17) is 0 Å². The van der Waals surface area contributed by atoms with Crippen LogP contribution in [0.2, 0.25) is 0 Å². The first-order valence-corrected chi connectivity index (χ1v) is 8.26. The van der Waals surface area contributed by atoms with Gasteiger partial charge in [-0.1, -0.05) is 29.8 Å². The van der Waals surface area contributed by atoms with Gasteiger partial charge >= 0.3 is 11.8 Å². The molecule has 2 rings (SSSR count). The maximum Gasteiger partial charge on any atom is 0.324 e. The predicted molar refractivity (Wildman–Crippen MR) is 86.4 cm³/mol. The largest absolute Gasteiger partial charge is 0.506 e. The maximum atomic E-state index is 12.0. The molecule has 9 heteroatoms. The Hall–Kier alpha value is -2.91. The summed E-state index contributed by atoms with van der Waals surface area (Å²) in [6.07, 6.45) is 0. The molecule has 24 heavy (non-hydrogen) atoms. The summed E-state index contributed by atoms with van der Waals surface area (Å²) < 4.78 is 24.0. The molecule has 2 amide bonds. The number of aromatic hydroxyl groups is 1. The Bertz CT molecular complexity index is 863. The summed E-state index contributed by atoms with van der Waals surface area (Å²) in [6, 6.07) is 11.7. The number of hydrazine groups is 1. The van der Waals surface area contributed by atoms with Gasteiger partial charge in [-0.25, -0.2) is 8.42 Å². The molecule has 2 aromatic carbocycles. The topological polar surface area (TPSA) is 125 Å². The molecule has 0 spiro atoms. The van der Waals surface area contributed by atoms with Crippen LogP contribution in [-0.2, 0) is 19.6 Å². The van der Waals surface area contributed by atoms with E-state index < -0.39 is 21.8 Å². The van der Waals surface area contributed by atoms with Crippen molar-refractivity contribution in [2.45, 2.75) is 11.8 Å². The lowest BCUT2D eigenvalue weighted by Gasteiger charge is -2.09. The van der Waals surface area contributed by atoms with Crippen molar-refractivity contribution in [1.29, 1.82) is 0 Å². The summed E-state index contributed by atoms with van der Waals surface area (Å²) in [5.41, 5.74) is 2.71. The molecule has 0 aliphatic heterocycles. The van der Waals surface area contributed by atoms with Crippen molar-refractivity contribution in [3.63, 3.8) is 0 Å². The summed E-state index contributed by atoms with van der Waals surface area (Å²) in [7, 11) is -4.00. The van der Waals surface area contributed by atoms with Gasteiger partial charge in [-0.3, -0.25) is 15.0 Å². The van der Waals surface area contributed by atoms with Gasteiger partial charge in [0.15, 0.2) is 0 Å². The van der Waals surface area contributed by atoms with Crippen molar-refractivity contribution in [2.75, 3.05) is 5.32 Å². The number of phenolic OH excluding ortho intramolecular Hbond substituents is 1. The lowest BCUT2D eigenvalue weighted by atomic mass is 10.2. The Morgan fingerprint density at radius 1 is 0.958 bits per heavy atom. The lowest BCUT2D eigenvalue weighted by molar-refractivity contribution is -0.136. The van der Waals surface area contributed by atoms with Crippen LogP contribution >= 0.6 is 0 Å². The van der Waals surface area contributed by atoms with E-state index in [9.17, 15) is 23.1 Å². The molecule has 0 saturated heterocycles. The molecular weight excluding hydrogens is 334 g/mol. The molecule has 0 atom stereocenters. The molecule has 8 nitrogen and oxygen atoms in total. The molecule has 0 heterocycles. The average molecular weight is 349 g/mol. The summed E-state index contributed by atoms with van der Waals surface area (Å²) in [6.45, 7) is 1.80. The quantitative estimate of drug-likeness (QED) is 0.366. The van der Waals surface area contributed by atoms with Crippen LogP contribution in [0.15, 0.2) is 53.4 Å². The van der Waals surface area contributed by atoms with E-state index in [0.29, 0.717) is 0 Å². The zero-order valence-electron chi connectivity index (χ0n) is 12.6. The molecule has 0 bridgehead atoms. The van der Waals surface area contributed by atoms with Gasteiger partial charge < -0.3 is 10.4 Å². The second kappa shape index (κ2) is 7.11. The van der Waals surface area contributed by atoms with Crippen molar-refractivity contribution in [1.82, 2.24) is 10.3 Å². The minimum atomic E-state index is -4.00. The minimum Gasteiger partial charge on any atom is -0.506 e. The Morgan fingerprint density at radius 3 is 2.21 bits per heavy atom. The van der Waals surface area contributed by atoms with Crippen LogP contribution in [-0.4, -0.2) is 25.3 Å². The third-order valence-corrected chi connectivity index (χ3v) is 4.25. The van der Waals surface area contributed by atoms with Gasteiger partial charge in [-0.05, 0) is 31.2 Å². The molecule has 2 aromatic rings. The maximum absolute atomic E-state index is 12.0. The second-order valence-electron chi connectivity index (χ2n) is 4.84. The van der Waals surface area contributed by atoms with E-state index >= 15 is 0 Å². The van der Waals surface area contributed by atoms with Crippen molar-refractivity contribution in [3.8, 4) is 5.75 Å². The Kier molecular flexibility index (Phi) is 5.17. The van der Waals surface area contributed by atoms with Crippen LogP contribution in [0.1, 0.15) is 5.56 Å². The third kappa shape index (κ3) is 4.31. The summed E-state index contributed by atoms with van der Waals surface area (Å²) in [4.78, 5) is 25.1. The summed E-state index contributed by atoms with van der Waals surface area (Å²) in [5, 5.41) is 11.7. The fraction of sp³-hybridized carbons (Fsp3) is 0.0667. The molecule has 126 valence electrons. The number of anilines is 1. The van der Waals surface area contributed by atoms with E-state index in [1.165, 1.54) is 24.3 Å². The number of hydrogen-bond acceptors (Lipinski definition) is 5. The van der Waals surface area contributed by atoms with E-state index in [1.807, 2.05) is 4.83 Å². The van der Waals surface area contributed by atoms with Gasteiger partial charge in [0.1, 0.15) is 5.75 Å². The minimum absolute atomic E-state index is 0.0269. The Morgan fingerprint density at radius 2 is 1.58 bits per heavy atom. The standard InChI is InChI=1S/C15H15N3O5S/c1-10-6-8-11(9-7-10)24(22,23)18-17-15(21)14(20)16-12-4-2-3-5-13(12)19/h2-9,18-19H,1H3,(H,16,20)(H,17,21). The number of para-hydroxylation sites is 2. The number of aryl methyl sites for hydroxylation is 1. The van der Waals surface area contributed by atoms with Gasteiger partial charge in [0.2, 0.25) is 0 Å². The molecule has 0 radical (unpaired) electrons. The zero-order chi connectivity index (χ0) is 17.7. The van der Waals surface area contributed by atoms with E-state index in [2.05, 4.69) is 5.32 Å². The van der Waals surface area contributed by atoms with Crippen molar-refractivity contribution >= 4 is 27.5 Å². The highest BCUT2D eigenvalue weighted by molar-refractivity contribution is 7.89. The van der Waals surface area contributed by atoms with Crippen molar-refractivity contribution in [2.24, 2.45) is 0 Å². The number of amides is 2. The number of hydrogen-bond donors (Lipinski definition) is 4. The normalized spacial score (nSPS) is 10.9. The first kappa shape index (κ1) is 17.4. The Labute approximate surface area is 138 Å². The number of phenols is 1. The average Bonchev–Trinajstić information content (AvgIpc) is 2.55. The molecular formula is C15H15N3O5S. The third-order valence-electron chi connectivity index (χ3n) is 2.99. The smallest absolute Gasteiger partial charge is 0.324 e. The molecule has 0 saturated carbocycles. The number of carbonyl (C=O) groups is 2. The highest BCUT2D eigenvalue weighted by Gasteiger charge is 2.19. The molecule has 4 N–H and O–H groups in total. The van der Waals surface area contributed by atoms with Crippen LogP contribution < -0.4 is 15.6 Å². The summed E-state index contributed by atoms with van der Waals surface area (Å²) >= 11 is 0. The van der Waals surface area contributed by atoms with Gasteiger partial charge in [0.25, 0.3) is 10.0 Å². The number of carbonyl (C=O) groups excluding carboxylic acids is 2. The van der Waals surface area contributed by atoms with E-state index in [0.717, 1.165) is 5.56 Å². The molecule has 0 fully saturated rings. The fourth-order valence-corrected chi connectivity index (χ4v) is 2.54. The number of benzene rings is 2. The highest BCUT2D eigenvalue weighted by Crippen LogP contribution is 2.21. The number of sulfonamides is 1. The SMILES string of the molecule is Cc1ccc(S(=O)(=O)NNC(=O)C(=O)Nc2ccccc2O)cc1. The van der Waals surface area contributed by atoms with Gasteiger partial charge in [0.05, 0.1) is 10.6 Å². The zero-order valence-corrected chi connectivity index (χ0v) is 13.4. The Balaban J connectivity index is 1.98. The van der Waals surface area contributed by atoms with E-state index in [1.54, 1.807) is 36.6 Å². The number of nitrogens with one attached hydrogen (secondary N) is 3. The first-order valence-electron chi connectivity index (χ1n) is 6.77. The second-order valence-corrected chi connectivity index (χ2v) is 6.53. The van der Waals surface area contributed by atoms with Crippen molar-refractivity contribution in [3.05, 3.63) is 54.1 Å². The van der Waals surface area contributed by atoms with Crippen LogP contribution in [0.5, 0.6) is 5.75 Å². The summed E-state index contributed by atoms with van der Waals surface area (Å²) in [5.74, 6) is -2.59. The molecule has 0 aromatic heterocycles. The van der Waals surface area contributed by atoms with Gasteiger partial charge in [0, 0.05) is 0 Å². The van der Waals surface area contributed by atoms with E-state index in [-0.39, 0.29) is 16.3 Å². The van der Waals surface area contributed by atoms with Crippen LogP contribution in [0.4, 0.5) is 5.69 Å². The number of rotatable bonds is 4. The first-order chi connectivity index (χ1) is 11.3.